The summed E-state index contributed by atoms with van der Waals surface area (Å²) in [7, 11) is 0. The summed E-state index contributed by atoms with van der Waals surface area (Å²) in [6.07, 6.45) is 20.0. The summed E-state index contributed by atoms with van der Waals surface area (Å²) in [4.78, 5) is 0. The average molecular weight is 511 g/mol. The Kier molecular flexibility index (Phi) is 6.21. The van der Waals surface area contributed by atoms with Crippen LogP contribution >= 0.6 is 0 Å². The third kappa shape index (κ3) is 3.84. The van der Waals surface area contributed by atoms with Crippen LogP contribution in [0.5, 0.6) is 0 Å². The fraction of sp³-hybridized carbons (Fsp3) is 0.438. The summed E-state index contributed by atoms with van der Waals surface area (Å²) < 4.78 is 1.57. The van der Waals surface area contributed by atoms with Crippen LogP contribution in [0.2, 0.25) is 0 Å². The molecule has 2 fully saturated rings. The number of hydrogen-bond acceptors (Lipinski definition) is 0. The molecule has 4 aliphatic carbocycles. The second-order valence-corrected chi connectivity index (χ2v) is 12.0. The first-order valence-electron chi connectivity index (χ1n) is 13.3. The van der Waals surface area contributed by atoms with E-state index in [0.717, 1.165) is 18.3 Å². The van der Waals surface area contributed by atoms with Gasteiger partial charge in [-0.05, 0) is 0 Å². The molecule has 0 radical (unpaired) electrons. The molecule has 0 unspecified atom stereocenters. The predicted octanol–water partition coefficient (Wildman–Crippen LogP) is 7.03. The summed E-state index contributed by atoms with van der Waals surface area (Å²) in [5.74, 6) is 1.59. The second kappa shape index (κ2) is 9.30. The van der Waals surface area contributed by atoms with Crippen LogP contribution < -0.4 is 10.4 Å². The summed E-state index contributed by atoms with van der Waals surface area (Å²) in [6, 6.07) is 14.2. The Morgan fingerprint density at radius 3 is 1.97 bits per heavy atom. The SMILES string of the molecule is CC1=C(c2c3c(ccc2=C(C2CCCCC2)C2CCCCC2)=c2ccccc2=[C]3[Zr])CC=C1. The van der Waals surface area contributed by atoms with Gasteiger partial charge in [0.25, 0.3) is 0 Å². The van der Waals surface area contributed by atoms with E-state index in [9.17, 15) is 0 Å². The van der Waals surface area contributed by atoms with Gasteiger partial charge in [0.2, 0.25) is 0 Å². The zero-order valence-corrected chi connectivity index (χ0v) is 22.5. The van der Waals surface area contributed by atoms with Gasteiger partial charge in [-0.3, -0.25) is 0 Å². The van der Waals surface area contributed by atoms with Gasteiger partial charge in [0.05, 0.1) is 0 Å². The van der Waals surface area contributed by atoms with Crippen LogP contribution in [0.3, 0.4) is 0 Å². The Balaban J connectivity index is 1.72. The topological polar surface area (TPSA) is 0 Å². The Morgan fingerprint density at radius 1 is 0.727 bits per heavy atom. The molecule has 0 N–H and O–H groups in total. The van der Waals surface area contributed by atoms with Crippen LogP contribution in [-0.4, -0.2) is 0 Å². The molecule has 0 saturated heterocycles. The molecule has 33 heavy (non-hydrogen) atoms. The standard InChI is InChI=1S/C32H35.Zr/c1-22-11-10-18-26(22)32-29(20-19-28-27-17-9-8-16-25(27)21-30(28)32)31(23-12-4-2-5-13-23)24-14-6-3-7-15-24;/h8-11,16-17,19-20,23-24H,2-7,12-15,18H2,1H3;. The van der Waals surface area contributed by atoms with E-state index in [0.29, 0.717) is 0 Å². The van der Waals surface area contributed by atoms with E-state index in [2.05, 4.69) is 55.5 Å². The second-order valence-electron chi connectivity index (χ2n) is 10.7. The third-order valence-electron chi connectivity index (χ3n) is 8.81. The first kappa shape index (κ1) is 22.0. The first-order valence-corrected chi connectivity index (χ1v) is 14.6. The van der Waals surface area contributed by atoms with Crippen LogP contribution in [0.4, 0.5) is 0 Å². The van der Waals surface area contributed by atoms with Crippen LogP contribution in [0, 0.1) is 22.3 Å². The molecule has 2 aromatic carbocycles. The van der Waals surface area contributed by atoms with E-state index < -0.39 is 0 Å². The van der Waals surface area contributed by atoms with E-state index >= 15 is 0 Å². The molecule has 0 aromatic heterocycles. The molecule has 167 valence electrons. The molecule has 0 atom stereocenters. The molecule has 0 amide bonds. The van der Waals surface area contributed by atoms with Gasteiger partial charge in [0, 0.05) is 0 Å². The molecule has 0 bridgehead atoms. The zero-order valence-electron chi connectivity index (χ0n) is 20.1. The molecule has 6 rings (SSSR count). The molecule has 0 aliphatic heterocycles. The van der Waals surface area contributed by atoms with Gasteiger partial charge in [-0.1, -0.05) is 0 Å². The van der Waals surface area contributed by atoms with Gasteiger partial charge in [-0.2, -0.15) is 0 Å². The monoisotopic (exact) mass is 509 g/mol. The van der Waals surface area contributed by atoms with Crippen molar-refractivity contribution in [1.29, 1.82) is 0 Å². The van der Waals surface area contributed by atoms with Crippen molar-refractivity contribution in [3.05, 3.63) is 86.1 Å². The van der Waals surface area contributed by atoms with Crippen molar-refractivity contribution in [2.45, 2.75) is 77.6 Å². The third-order valence-corrected chi connectivity index (χ3v) is 10.1. The molecule has 0 heterocycles. The van der Waals surface area contributed by atoms with Gasteiger partial charge in [-0.15, -0.1) is 0 Å². The number of allylic oxidation sites excluding steroid dienone is 4. The molecule has 0 nitrogen and oxygen atoms in total. The van der Waals surface area contributed by atoms with Crippen molar-refractivity contribution >= 4 is 14.4 Å². The van der Waals surface area contributed by atoms with E-state index in [1.807, 2.05) is 5.57 Å². The molecular weight excluding hydrogens is 476 g/mol. The number of rotatable bonds is 3. The normalized spacial score (nSPS) is 20.9. The Bertz CT molecular complexity index is 1340. The predicted molar refractivity (Wildman–Crippen MR) is 135 cm³/mol. The zero-order chi connectivity index (χ0) is 22.4. The van der Waals surface area contributed by atoms with Crippen molar-refractivity contribution in [2.24, 2.45) is 11.8 Å². The van der Waals surface area contributed by atoms with E-state index in [1.54, 1.807) is 49.9 Å². The number of fused-ring (bicyclic) bond motifs is 2. The summed E-state index contributed by atoms with van der Waals surface area (Å²) in [5, 5.41) is 6.05. The Morgan fingerprint density at radius 2 is 1.36 bits per heavy atom. The van der Waals surface area contributed by atoms with Crippen LogP contribution in [-0.2, 0) is 24.7 Å². The fourth-order valence-electron chi connectivity index (χ4n) is 7.23. The van der Waals surface area contributed by atoms with Crippen molar-refractivity contribution in [2.75, 3.05) is 0 Å². The van der Waals surface area contributed by atoms with E-state index in [-0.39, 0.29) is 0 Å². The van der Waals surface area contributed by atoms with Gasteiger partial charge < -0.3 is 0 Å². The number of benzene rings is 2. The average Bonchev–Trinajstić information content (AvgIpc) is 3.42. The number of hydrogen-bond donors (Lipinski definition) is 0. The van der Waals surface area contributed by atoms with E-state index in [4.69, 9.17) is 0 Å². The van der Waals surface area contributed by atoms with Crippen molar-refractivity contribution in [3.63, 3.8) is 0 Å². The minimum atomic E-state index is 0.797. The van der Waals surface area contributed by atoms with Gasteiger partial charge in [-0.25, -0.2) is 0 Å². The van der Waals surface area contributed by atoms with Crippen molar-refractivity contribution in [3.8, 4) is 0 Å². The summed E-state index contributed by atoms with van der Waals surface area (Å²) >= 11 is 1.55. The van der Waals surface area contributed by atoms with Gasteiger partial charge in [0.1, 0.15) is 0 Å². The molecule has 2 saturated carbocycles. The maximum atomic E-state index is 2.57. The van der Waals surface area contributed by atoms with Crippen LogP contribution in [0.25, 0.3) is 14.4 Å². The fourth-order valence-corrected chi connectivity index (χ4v) is 8.40. The van der Waals surface area contributed by atoms with Crippen molar-refractivity contribution in [1.82, 2.24) is 0 Å². The van der Waals surface area contributed by atoms with Gasteiger partial charge in [0.15, 0.2) is 0 Å². The quantitative estimate of drug-likeness (QED) is 0.416. The van der Waals surface area contributed by atoms with Crippen LogP contribution in [0.1, 0.15) is 88.7 Å². The maximum absolute atomic E-state index is 2.57. The van der Waals surface area contributed by atoms with Crippen molar-refractivity contribution < 1.29 is 24.7 Å². The molecular formula is C32H35Zr. The first-order chi connectivity index (χ1) is 16.2. The van der Waals surface area contributed by atoms with Gasteiger partial charge >= 0.3 is 215 Å². The molecule has 0 spiro atoms. The summed E-state index contributed by atoms with van der Waals surface area (Å²) in [5.41, 5.74) is 8.13. The molecule has 1 heteroatoms. The van der Waals surface area contributed by atoms with Crippen LogP contribution in [0.15, 0.2) is 54.1 Å². The van der Waals surface area contributed by atoms with E-state index in [1.165, 1.54) is 85.4 Å². The molecule has 4 aliphatic rings. The minimum absolute atomic E-state index is 0.797. The Hall–Kier alpha value is -1.46. The summed E-state index contributed by atoms with van der Waals surface area (Å²) in [6.45, 7) is 2.34. The molecule has 2 aromatic rings. The Labute approximate surface area is 213 Å².